The summed E-state index contributed by atoms with van der Waals surface area (Å²) in [5.41, 5.74) is 13.5. The number of hydrogen-bond donors (Lipinski definition) is 0. The van der Waals surface area contributed by atoms with Gasteiger partial charge in [-0.15, -0.1) is 0 Å². The van der Waals surface area contributed by atoms with Crippen molar-refractivity contribution in [2.24, 2.45) is 0 Å². The highest BCUT2D eigenvalue weighted by molar-refractivity contribution is 6.27. The quantitative estimate of drug-likeness (QED) is 0.189. The summed E-state index contributed by atoms with van der Waals surface area (Å²) in [6.07, 6.45) is 0. The molecule has 4 heteroatoms. The van der Waals surface area contributed by atoms with Crippen molar-refractivity contribution in [2.45, 2.75) is 27.7 Å². The van der Waals surface area contributed by atoms with E-state index in [0.717, 1.165) is 82.8 Å². The first-order valence-electron chi connectivity index (χ1n) is 15.5. The standard InChI is InChI=1S/C42H30N4/c1-25-13-10-14-26(2)39(25)45-35-21-8-6-18-30(35)32-23-33-31-19-7-9-22-36(31)46(40-27(3)15-11-16-28(40)4)42(33)38(41(32)45)37-29(24-43)17-12-20-34(37)44-5/h6-23H,1-4H3. The molecule has 0 atom stereocenters. The molecule has 2 heterocycles. The normalized spacial score (nSPS) is 11.4. The third-order valence-corrected chi connectivity index (χ3v) is 9.45. The first kappa shape index (κ1) is 27.4. The van der Waals surface area contributed by atoms with E-state index in [2.05, 4.69) is 139 Å². The maximum atomic E-state index is 10.6. The SMILES string of the molecule is [C-]#[N+]c1cccc(C#N)c1-c1c2c(cc3c4ccccc4n(-c4c(C)cccc4C)c13)c1ccccc1n2-c1c(C)cccc1C. The van der Waals surface area contributed by atoms with E-state index in [1.54, 1.807) is 0 Å². The van der Waals surface area contributed by atoms with Crippen molar-refractivity contribution in [3.63, 3.8) is 0 Å². The average molecular weight is 591 g/mol. The summed E-state index contributed by atoms with van der Waals surface area (Å²) in [5.74, 6) is 0. The van der Waals surface area contributed by atoms with E-state index in [9.17, 15) is 5.26 Å². The third kappa shape index (κ3) is 3.71. The number of rotatable bonds is 3. The molecule has 4 nitrogen and oxygen atoms in total. The van der Waals surface area contributed by atoms with E-state index in [0.29, 0.717) is 16.8 Å². The van der Waals surface area contributed by atoms with Gasteiger partial charge >= 0.3 is 0 Å². The second-order valence-corrected chi connectivity index (χ2v) is 12.2. The predicted molar refractivity (Wildman–Crippen MR) is 190 cm³/mol. The van der Waals surface area contributed by atoms with Crippen LogP contribution in [0.15, 0.2) is 109 Å². The highest BCUT2D eigenvalue weighted by atomic mass is 15.0. The first-order chi connectivity index (χ1) is 22.4. The van der Waals surface area contributed by atoms with Crippen LogP contribution in [0.5, 0.6) is 0 Å². The molecule has 2 aromatic heterocycles. The number of aromatic nitrogens is 2. The number of benzene rings is 6. The second-order valence-electron chi connectivity index (χ2n) is 12.2. The van der Waals surface area contributed by atoms with E-state index >= 15 is 0 Å². The summed E-state index contributed by atoms with van der Waals surface area (Å²) in [6, 6.07) is 40.2. The van der Waals surface area contributed by atoms with Gasteiger partial charge in [-0.3, -0.25) is 0 Å². The zero-order chi connectivity index (χ0) is 31.7. The number of nitrogens with zero attached hydrogens (tertiary/aromatic N) is 4. The lowest BCUT2D eigenvalue weighted by Gasteiger charge is -2.20. The Labute approximate surface area is 267 Å². The van der Waals surface area contributed by atoms with Gasteiger partial charge in [-0.25, -0.2) is 4.85 Å². The Morgan fingerprint density at radius 2 is 1.00 bits per heavy atom. The summed E-state index contributed by atoms with van der Waals surface area (Å²) in [6.45, 7) is 16.9. The summed E-state index contributed by atoms with van der Waals surface area (Å²) < 4.78 is 4.75. The zero-order valence-corrected chi connectivity index (χ0v) is 26.2. The Morgan fingerprint density at radius 1 is 0.543 bits per heavy atom. The van der Waals surface area contributed by atoms with Crippen LogP contribution in [-0.4, -0.2) is 9.13 Å². The minimum Gasteiger partial charge on any atom is -0.308 e. The molecule has 0 aliphatic heterocycles. The fraction of sp³-hybridized carbons (Fsp3) is 0.0952. The minimum atomic E-state index is 0.462. The molecule has 8 rings (SSSR count). The number of aryl methyl sites for hydroxylation is 4. The molecule has 8 aromatic rings. The van der Waals surface area contributed by atoms with Gasteiger partial charge < -0.3 is 9.13 Å². The minimum absolute atomic E-state index is 0.462. The second kappa shape index (κ2) is 10.2. The van der Waals surface area contributed by atoms with E-state index in [-0.39, 0.29) is 0 Å². The van der Waals surface area contributed by atoms with Crippen LogP contribution < -0.4 is 0 Å². The molecule has 0 aliphatic carbocycles. The molecule has 0 saturated heterocycles. The highest BCUT2D eigenvalue weighted by Gasteiger charge is 2.28. The van der Waals surface area contributed by atoms with Crippen molar-refractivity contribution in [3.8, 4) is 28.6 Å². The van der Waals surface area contributed by atoms with Crippen molar-refractivity contribution in [2.75, 3.05) is 0 Å². The molecule has 218 valence electrons. The van der Waals surface area contributed by atoms with Gasteiger partial charge in [0.2, 0.25) is 0 Å². The molecule has 0 spiro atoms. The molecular formula is C42H30N4. The Morgan fingerprint density at radius 3 is 1.46 bits per heavy atom. The van der Waals surface area contributed by atoms with Crippen LogP contribution in [0.4, 0.5) is 5.69 Å². The van der Waals surface area contributed by atoms with E-state index < -0.39 is 0 Å². The summed E-state index contributed by atoms with van der Waals surface area (Å²) >= 11 is 0. The lowest BCUT2D eigenvalue weighted by atomic mass is 9.93. The van der Waals surface area contributed by atoms with Gasteiger partial charge in [-0.2, -0.15) is 5.26 Å². The van der Waals surface area contributed by atoms with Gasteiger partial charge in [0.1, 0.15) is 0 Å². The number of fused-ring (bicyclic) bond motifs is 6. The molecule has 46 heavy (non-hydrogen) atoms. The summed E-state index contributed by atoms with van der Waals surface area (Å²) in [4.78, 5) is 4.03. The fourth-order valence-electron chi connectivity index (χ4n) is 7.58. The van der Waals surface area contributed by atoms with Crippen molar-refractivity contribution in [1.29, 1.82) is 5.26 Å². The zero-order valence-electron chi connectivity index (χ0n) is 26.2. The molecule has 0 amide bonds. The Balaban J connectivity index is 1.79. The van der Waals surface area contributed by atoms with Crippen molar-refractivity contribution in [3.05, 3.63) is 148 Å². The van der Waals surface area contributed by atoms with Gasteiger partial charge in [0, 0.05) is 38.2 Å². The maximum absolute atomic E-state index is 10.6. The van der Waals surface area contributed by atoms with Gasteiger partial charge in [-0.1, -0.05) is 84.9 Å². The Kier molecular flexibility index (Phi) is 6.11. The lowest BCUT2D eigenvalue weighted by Crippen LogP contribution is -2.04. The summed E-state index contributed by atoms with van der Waals surface area (Å²) in [5, 5.41) is 15.1. The van der Waals surface area contributed by atoms with Crippen molar-refractivity contribution < 1.29 is 0 Å². The van der Waals surface area contributed by atoms with Gasteiger partial charge in [0.25, 0.3) is 0 Å². The predicted octanol–water partition coefficient (Wildman–Crippen LogP) is 11.2. The van der Waals surface area contributed by atoms with Crippen LogP contribution >= 0.6 is 0 Å². The average Bonchev–Trinajstić information content (AvgIpc) is 3.56. The van der Waals surface area contributed by atoms with Crippen LogP contribution in [0.2, 0.25) is 0 Å². The monoisotopic (exact) mass is 590 g/mol. The van der Waals surface area contributed by atoms with Gasteiger partial charge in [-0.05, 0) is 74.2 Å². The fourth-order valence-corrected chi connectivity index (χ4v) is 7.58. The number of nitriles is 1. The van der Waals surface area contributed by atoms with Crippen LogP contribution in [-0.2, 0) is 0 Å². The molecule has 0 unspecified atom stereocenters. The van der Waals surface area contributed by atoms with Crippen LogP contribution in [0.1, 0.15) is 27.8 Å². The third-order valence-electron chi connectivity index (χ3n) is 9.45. The van der Waals surface area contributed by atoms with Gasteiger partial charge in [0.05, 0.1) is 46.1 Å². The molecule has 0 bridgehead atoms. The summed E-state index contributed by atoms with van der Waals surface area (Å²) in [7, 11) is 0. The lowest BCUT2D eigenvalue weighted by molar-refractivity contribution is 1.11. The molecule has 0 radical (unpaired) electrons. The van der Waals surface area contributed by atoms with Crippen molar-refractivity contribution in [1.82, 2.24) is 9.13 Å². The van der Waals surface area contributed by atoms with Gasteiger partial charge in [0.15, 0.2) is 5.69 Å². The molecule has 0 saturated carbocycles. The smallest absolute Gasteiger partial charge is 0.196 e. The van der Waals surface area contributed by atoms with E-state index in [4.69, 9.17) is 6.57 Å². The Hall–Kier alpha value is -6.10. The first-order valence-corrected chi connectivity index (χ1v) is 15.5. The van der Waals surface area contributed by atoms with E-state index in [1.807, 2.05) is 18.2 Å². The maximum Gasteiger partial charge on any atom is 0.196 e. The Bertz CT molecular complexity index is 2430. The topological polar surface area (TPSA) is 38.0 Å². The molecular weight excluding hydrogens is 560 g/mol. The highest BCUT2D eigenvalue weighted by Crippen LogP contribution is 2.50. The largest absolute Gasteiger partial charge is 0.308 e. The molecule has 0 aliphatic rings. The van der Waals surface area contributed by atoms with Crippen LogP contribution in [0, 0.1) is 45.6 Å². The molecule has 0 fully saturated rings. The van der Waals surface area contributed by atoms with Crippen LogP contribution in [0.3, 0.4) is 0 Å². The van der Waals surface area contributed by atoms with Crippen molar-refractivity contribution >= 4 is 49.3 Å². The molecule has 6 aromatic carbocycles. The molecule has 0 N–H and O–H groups in total. The number of hydrogen-bond acceptors (Lipinski definition) is 1. The van der Waals surface area contributed by atoms with Crippen LogP contribution in [0.25, 0.3) is 71.0 Å². The van der Waals surface area contributed by atoms with E-state index in [1.165, 1.54) is 0 Å². The number of para-hydroxylation sites is 4.